The van der Waals surface area contributed by atoms with Crippen LogP contribution in [-0.2, 0) is 0 Å². The molecule has 7 aromatic rings. The van der Waals surface area contributed by atoms with Crippen molar-refractivity contribution < 1.29 is 0 Å². The lowest BCUT2D eigenvalue weighted by molar-refractivity contribution is 1.36. The van der Waals surface area contributed by atoms with Gasteiger partial charge in [0.15, 0.2) is 0 Å². The van der Waals surface area contributed by atoms with E-state index < -0.39 is 0 Å². The first kappa shape index (κ1) is 21.0. The largest absolute Gasteiger partial charge is 0.354 e. The number of benzene rings is 5. The summed E-state index contributed by atoms with van der Waals surface area (Å²) in [5, 5.41) is 5.09. The number of fused-ring (bicyclic) bond motifs is 7. The minimum absolute atomic E-state index is 1.17. The first-order valence-electron chi connectivity index (χ1n) is 12.6. The summed E-state index contributed by atoms with van der Waals surface area (Å²) in [5.41, 5.74) is 15.2. The van der Waals surface area contributed by atoms with Crippen LogP contribution in [0.4, 0.5) is 0 Å². The molecule has 2 aromatic heterocycles. The van der Waals surface area contributed by atoms with E-state index in [-0.39, 0.29) is 0 Å². The minimum atomic E-state index is 1.17. The van der Waals surface area contributed by atoms with Gasteiger partial charge in [0.2, 0.25) is 0 Å². The van der Waals surface area contributed by atoms with Crippen LogP contribution in [0.2, 0.25) is 0 Å². The Hall–Kier alpha value is -4.30. The number of rotatable bonds is 2. The molecule has 0 spiro atoms. The lowest BCUT2D eigenvalue weighted by Crippen LogP contribution is -1.97. The Labute approximate surface area is 210 Å². The highest BCUT2D eigenvalue weighted by molar-refractivity contribution is 6.33. The van der Waals surface area contributed by atoms with Crippen LogP contribution in [-0.4, -0.2) is 9.97 Å². The van der Waals surface area contributed by atoms with Crippen molar-refractivity contribution in [2.75, 3.05) is 0 Å². The Balaban J connectivity index is 1.88. The van der Waals surface area contributed by atoms with Crippen LogP contribution in [0.5, 0.6) is 0 Å². The lowest BCUT2D eigenvalue weighted by atomic mass is 9.82. The summed E-state index contributed by atoms with van der Waals surface area (Å²) < 4.78 is 0. The van der Waals surface area contributed by atoms with Crippen molar-refractivity contribution >= 4 is 43.6 Å². The molecule has 36 heavy (non-hydrogen) atoms. The third kappa shape index (κ3) is 2.79. The minimum Gasteiger partial charge on any atom is -0.354 e. The maximum atomic E-state index is 3.87. The lowest BCUT2D eigenvalue weighted by Gasteiger charge is -2.21. The predicted octanol–water partition coefficient (Wildman–Crippen LogP) is 9.52. The van der Waals surface area contributed by atoms with Crippen LogP contribution in [0.3, 0.4) is 0 Å². The van der Waals surface area contributed by atoms with Gasteiger partial charge in [-0.05, 0) is 73.2 Å². The Bertz CT molecular complexity index is 1940. The molecule has 0 amide bonds. The van der Waals surface area contributed by atoms with Gasteiger partial charge in [0.25, 0.3) is 0 Å². The molecule has 2 heterocycles. The Morgan fingerprint density at radius 2 is 0.833 bits per heavy atom. The fourth-order valence-corrected chi connectivity index (χ4v) is 6.35. The van der Waals surface area contributed by atoms with Gasteiger partial charge in [-0.1, -0.05) is 72.8 Å². The van der Waals surface area contributed by atoms with Crippen molar-refractivity contribution in [3.05, 3.63) is 107 Å². The van der Waals surface area contributed by atoms with Gasteiger partial charge < -0.3 is 9.97 Å². The quantitative estimate of drug-likeness (QED) is 0.255. The second-order valence-electron chi connectivity index (χ2n) is 10.1. The standard InChI is InChI=1S/C34H28N2/c1-19-11-9-12-20(2)27(19)31-29-23-15-5-7-17-25(23)35-33(29)30-24-16-6-8-18-26(24)36-34(30)32(31)28-21(3)13-10-14-22(28)4/h5-18,35-36H,1-4H3. The Morgan fingerprint density at radius 1 is 0.389 bits per heavy atom. The second-order valence-corrected chi connectivity index (χ2v) is 10.1. The number of H-pyrrole nitrogens is 2. The highest BCUT2D eigenvalue weighted by Crippen LogP contribution is 2.50. The van der Waals surface area contributed by atoms with E-state index in [9.17, 15) is 0 Å². The van der Waals surface area contributed by atoms with Crippen LogP contribution in [0.15, 0.2) is 84.9 Å². The van der Waals surface area contributed by atoms with Gasteiger partial charge in [-0.2, -0.15) is 0 Å². The molecule has 0 saturated carbocycles. The number of aromatic amines is 2. The van der Waals surface area contributed by atoms with Gasteiger partial charge in [-0.25, -0.2) is 0 Å². The zero-order valence-electron chi connectivity index (χ0n) is 21.1. The number of nitrogens with one attached hydrogen (secondary N) is 2. The fraction of sp³-hybridized carbons (Fsp3) is 0.118. The number of hydrogen-bond acceptors (Lipinski definition) is 0. The van der Waals surface area contributed by atoms with Gasteiger partial charge in [0.05, 0.1) is 11.0 Å². The zero-order chi connectivity index (χ0) is 24.6. The molecule has 2 N–H and O–H groups in total. The van der Waals surface area contributed by atoms with E-state index >= 15 is 0 Å². The molecule has 0 fully saturated rings. The summed E-state index contributed by atoms with van der Waals surface area (Å²) in [6, 6.07) is 30.7. The SMILES string of the molecule is Cc1cccc(C)c1-c1c(-c2c(C)cccc2C)c2c3ccccc3[nH]c2c2c1[nH]c1ccccc12. The molecule has 0 radical (unpaired) electrons. The topological polar surface area (TPSA) is 31.6 Å². The average Bonchev–Trinajstić information content (AvgIpc) is 3.43. The van der Waals surface area contributed by atoms with E-state index in [4.69, 9.17) is 0 Å². The van der Waals surface area contributed by atoms with Gasteiger partial charge in [0, 0.05) is 43.7 Å². The third-order valence-corrected chi connectivity index (χ3v) is 7.87. The molecule has 5 aromatic carbocycles. The summed E-state index contributed by atoms with van der Waals surface area (Å²) in [7, 11) is 0. The van der Waals surface area contributed by atoms with Crippen molar-refractivity contribution in [2.24, 2.45) is 0 Å². The van der Waals surface area contributed by atoms with Crippen LogP contribution in [0.1, 0.15) is 22.3 Å². The monoisotopic (exact) mass is 464 g/mol. The van der Waals surface area contributed by atoms with E-state index in [0.717, 1.165) is 0 Å². The van der Waals surface area contributed by atoms with Crippen LogP contribution >= 0.6 is 0 Å². The van der Waals surface area contributed by atoms with Gasteiger partial charge in [0.1, 0.15) is 0 Å². The number of hydrogen-bond donors (Lipinski definition) is 2. The van der Waals surface area contributed by atoms with Crippen molar-refractivity contribution in [2.45, 2.75) is 27.7 Å². The van der Waals surface area contributed by atoms with Crippen LogP contribution in [0, 0.1) is 27.7 Å². The zero-order valence-corrected chi connectivity index (χ0v) is 21.1. The number of para-hydroxylation sites is 2. The molecule has 7 rings (SSSR count). The summed E-state index contributed by atoms with van der Waals surface area (Å²) >= 11 is 0. The molecule has 0 atom stereocenters. The molecule has 0 aliphatic heterocycles. The number of aryl methyl sites for hydroxylation is 4. The van der Waals surface area contributed by atoms with Crippen LogP contribution in [0.25, 0.3) is 65.9 Å². The first-order chi connectivity index (χ1) is 17.5. The normalized spacial score (nSPS) is 11.9. The molecule has 0 aliphatic rings. The average molecular weight is 465 g/mol. The van der Waals surface area contributed by atoms with Crippen molar-refractivity contribution in [3.8, 4) is 22.3 Å². The van der Waals surface area contributed by atoms with Gasteiger partial charge in [-0.3, -0.25) is 0 Å². The van der Waals surface area contributed by atoms with Crippen molar-refractivity contribution in [1.82, 2.24) is 9.97 Å². The summed E-state index contributed by atoms with van der Waals surface area (Å²) in [4.78, 5) is 7.70. The Morgan fingerprint density at radius 3 is 1.39 bits per heavy atom. The van der Waals surface area contributed by atoms with E-state index in [1.807, 2.05) is 0 Å². The molecule has 0 bridgehead atoms. The number of aromatic nitrogens is 2. The summed E-state index contributed by atoms with van der Waals surface area (Å²) in [6.07, 6.45) is 0. The Kier molecular flexibility index (Phi) is 4.44. The highest BCUT2D eigenvalue weighted by atomic mass is 14.8. The molecule has 174 valence electrons. The van der Waals surface area contributed by atoms with Crippen molar-refractivity contribution in [1.29, 1.82) is 0 Å². The summed E-state index contributed by atoms with van der Waals surface area (Å²) in [5.74, 6) is 0. The van der Waals surface area contributed by atoms with E-state index in [0.29, 0.717) is 0 Å². The summed E-state index contributed by atoms with van der Waals surface area (Å²) in [6.45, 7) is 8.97. The van der Waals surface area contributed by atoms with Gasteiger partial charge in [-0.15, -0.1) is 0 Å². The maximum Gasteiger partial charge on any atom is 0.0573 e. The highest BCUT2D eigenvalue weighted by Gasteiger charge is 2.26. The van der Waals surface area contributed by atoms with Gasteiger partial charge >= 0.3 is 0 Å². The van der Waals surface area contributed by atoms with Crippen molar-refractivity contribution in [3.63, 3.8) is 0 Å². The third-order valence-electron chi connectivity index (χ3n) is 7.87. The fourth-order valence-electron chi connectivity index (χ4n) is 6.35. The molecule has 0 unspecified atom stereocenters. The van der Waals surface area contributed by atoms with E-state index in [1.165, 1.54) is 88.1 Å². The molecule has 0 saturated heterocycles. The van der Waals surface area contributed by atoms with E-state index in [2.05, 4.69) is 123 Å². The maximum absolute atomic E-state index is 3.87. The van der Waals surface area contributed by atoms with Crippen LogP contribution < -0.4 is 0 Å². The molecule has 0 aliphatic carbocycles. The molecular formula is C34H28N2. The van der Waals surface area contributed by atoms with E-state index in [1.54, 1.807) is 0 Å². The molecule has 2 heteroatoms. The smallest absolute Gasteiger partial charge is 0.0573 e. The molecular weight excluding hydrogens is 436 g/mol. The predicted molar refractivity (Wildman–Crippen MR) is 155 cm³/mol. The molecule has 2 nitrogen and oxygen atoms in total. The first-order valence-corrected chi connectivity index (χ1v) is 12.6. The second kappa shape index (κ2) is 7.60.